The fraction of sp³-hybridized carbons (Fsp3) is 0.417. The van der Waals surface area contributed by atoms with Crippen LogP contribution in [0.15, 0.2) is 29.4 Å². The molecular formula is C12H12FNO. The fourth-order valence-corrected chi connectivity index (χ4v) is 2.49. The summed E-state index contributed by atoms with van der Waals surface area (Å²) in [6.45, 7) is 0.729. The molecule has 0 aromatic heterocycles. The zero-order chi connectivity index (χ0) is 10.3. The number of oxime groups is 1. The summed E-state index contributed by atoms with van der Waals surface area (Å²) < 4.78 is 12.8. The van der Waals surface area contributed by atoms with Crippen LogP contribution < -0.4 is 0 Å². The molecule has 3 heteroatoms. The van der Waals surface area contributed by atoms with Gasteiger partial charge >= 0.3 is 0 Å². The predicted octanol–water partition coefficient (Wildman–Crippen LogP) is 2.71. The third kappa shape index (κ3) is 1.42. The maximum absolute atomic E-state index is 12.8. The van der Waals surface area contributed by atoms with Crippen molar-refractivity contribution in [2.75, 3.05) is 6.61 Å². The SMILES string of the molecule is Fc1ccc([C@@H]2CC[C@@H]3CON=C32)cc1. The van der Waals surface area contributed by atoms with E-state index in [1.165, 1.54) is 12.1 Å². The van der Waals surface area contributed by atoms with Gasteiger partial charge in [0.25, 0.3) is 0 Å². The first kappa shape index (κ1) is 8.89. The van der Waals surface area contributed by atoms with E-state index in [9.17, 15) is 4.39 Å². The van der Waals surface area contributed by atoms with E-state index in [2.05, 4.69) is 5.16 Å². The fourth-order valence-electron chi connectivity index (χ4n) is 2.49. The van der Waals surface area contributed by atoms with E-state index in [1.807, 2.05) is 12.1 Å². The van der Waals surface area contributed by atoms with Crippen molar-refractivity contribution >= 4 is 5.71 Å². The zero-order valence-electron chi connectivity index (χ0n) is 8.32. The summed E-state index contributed by atoms with van der Waals surface area (Å²) in [6.07, 6.45) is 2.25. The van der Waals surface area contributed by atoms with Crippen LogP contribution in [0, 0.1) is 11.7 Å². The first-order valence-electron chi connectivity index (χ1n) is 5.30. The third-order valence-corrected chi connectivity index (χ3v) is 3.30. The van der Waals surface area contributed by atoms with E-state index >= 15 is 0 Å². The van der Waals surface area contributed by atoms with Gasteiger partial charge in [-0.1, -0.05) is 17.3 Å². The average molecular weight is 205 g/mol. The van der Waals surface area contributed by atoms with Crippen LogP contribution in [0.2, 0.25) is 0 Å². The molecule has 15 heavy (non-hydrogen) atoms. The van der Waals surface area contributed by atoms with Gasteiger partial charge in [0, 0.05) is 11.8 Å². The first-order chi connectivity index (χ1) is 7.34. The smallest absolute Gasteiger partial charge is 0.125 e. The molecule has 1 aromatic rings. The van der Waals surface area contributed by atoms with E-state index in [0.29, 0.717) is 11.8 Å². The lowest BCUT2D eigenvalue weighted by molar-refractivity contribution is 0.151. The van der Waals surface area contributed by atoms with Crippen LogP contribution >= 0.6 is 0 Å². The summed E-state index contributed by atoms with van der Waals surface area (Å²) in [6, 6.07) is 6.73. The van der Waals surface area contributed by atoms with E-state index in [-0.39, 0.29) is 5.82 Å². The summed E-state index contributed by atoms with van der Waals surface area (Å²) in [7, 11) is 0. The standard InChI is InChI=1S/C12H12FNO/c13-10-4-1-8(2-5-10)11-6-3-9-7-15-14-12(9)11/h1-2,4-5,9,11H,3,6-7H2/t9-,11+/m1/s1. The van der Waals surface area contributed by atoms with Crippen molar-refractivity contribution in [1.82, 2.24) is 0 Å². The van der Waals surface area contributed by atoms with Crippen LogP contribution in [0.1, 0.15) is 24.3 Å². The molecule has 1 fully saturated rings. The Morgan fingerprint density at radius 2 is 2.00 bits per heavy atom. The molecule has 2 aliphatic rings. The van der Waals surface area contributed by atoms with Crippen LogP contribution in [0.5, 0.6) is 0 Å². The second kappa shape index (κ2) is 3.33. The van der Waals surface area contributed by atoms with Crippen LogP contribution in [-0.2, 0) is 4.84 Å². The second-order valence-corrected chi connectivity index (χ2v) is 4.19. The Bertz CT molecular complexity index is 399. The van der Waals surface area contributed by atoms with Crippen LogP contribution in [0.4, 0.5) is 4.39 Å². The third-order valence-electron chi connectivity index (χ3n) is 3.30. The molecule has 0 amide bonds. The largest absolute Gasteiger partial charge is 0.395 e. The highest BCUT2D eigenvalue weighted by atomic mass is 19.1. The van der Waals surface area contributed by atoms with E-state index in [1.54, 1.807) is 0 Å². The minimum Gasteiger partial charge on any atom is -0.395 e. The Balaban J connectivity index is 1.91. The Hall–Kier alpha value is -1.38. The van der Waals surface area contributed by atoms with Crippen LogP contribution in [0.25, 0.3) is 0 Å². The van der Waals surface area contributed by atoms with E-state index in [4.69, 9.17) is 4.84 Å². The minimum absolute atomic E-state index is 0.182. The molecule has 3 rings (SSSR count). The lowest BCUT2D eigenvalue weighted by atomic mass is 9.95. The molecular weight excluding hydrogens is 193 g/mol. The quantitative estimate of drug-likeness (QED) is 0.690. The molecule has 0 bridgehead atoms. The van der Waals surface area contributed by atoms with E-state index < -0.39 is 0 Å². The lowest BCUT2D eigenvalue weighted by Crippen LogP contribution is -2.10. The molecule has 0 spiro atoms. The summed E-state index contributed by atoms with van der Waals surface area (Å²) in [5.41, 5.74) is 2.31. The Kier molecular flexibility index (Phi) is 1.97. The van der Waals surface area contributed by atoms with Gasteiger partial charge in [-0.2, -0.15) is 0 Å². The summed E-state index contributed by atoms with van der Waals surface area (Å²) >= 11 is 0. The van der Waals surface area contributed by atoms with Gasteiger partial charge in [-0.3, -0.25) is 0 Å². The maximum Gasteiger partial charge on any atom is 0.125 e. The van der Waals surface area contributed by atoms with Crippen LogP contribution in [0.3, 0.4) is 0 Å². The number of rotatable bonds is 1. The minimum atomic E-state index is -0.182. The van der Waals surface area contributed by atoms with Gasteiger partial charge in [-0.15, -0.1) is 0 Å². The molecule has 0 unspecified atom stereocenters. The summed E-state index contributed by atoms with van der Waals surface area (Å²) in [4.78, 5) is 5.10. The Morgan fingerprint density at radius 3 is 2.80 bits per heavy atom. The summed E-state index contributed by atoms with van der Waals surface area (Å²) in [5, 5.41) is 4.10. The Morgan fingerprint density at radius 1 is 1.20 bits per heavy atom. The molecule has 1 saturated carbocycles. The Labute approximate surface area is 87.7 Å². The molecule has 2 nitrogen and oxygen atoms in total. The molecule has 0 saturated heterocycles. The monoisotopic (exact) mass is 205 g/mol. The molecule has 1 heterocycles. The van der Waals surface area contributed by atoms with Crippen molar-refractivity contribution in [3.63, 3.8) is 0 Å². The summed E-state index contributed by atoms with van der Waals surface area (Å²) in [5.74, 6) is 0.663. The van der Waals surface area contributed by atoms with Gasteiger partial charge < -0.3 is 4.84 Å². The van der Waals surface area contributed by atoms with Crippen molar-refractivity contribution < 1.29 is 9.23 Å². The van der Waals surface area contributed by atoms with Gasteiger partial charge in [-0.25, -0.2) is 4.39 Å². The first-order valence-corrected chi connectivity index (χ1v) is 5.30. The van der Waals surface area contributed by atoms with Crippen molar-refractivity contribution in [3.05, 3.63) is 35.6 Å². The number of halogens is 1. The van der Waals surface area contributed by atoms with Gasteiger partial charge in [0.05, 0.1) is 5.71 Å². The van der Waals surface area contributed by atoms with Gasteiger partial charge in [0.15, 0.2) is 0 Å². The number of fused-ring (bicyclic) bond motifs is 1. The predicted molar refractivity (Wildman–Crippen MR) is 55.3 cm³/mol. The highest BCUT2D eigenvalue weighted by molar-refractivity contribution is 5.95. The molecule has 2 atom stereocenters. The number of benzene rings is 1. The van der Waals surface area contributed by atoms with Gasteiger partial charge in [0.2, 0.25) is 0 Å². The number of nitrogens with zero attached hydrogens (tertiary/aromatic N) is 1. The highest BCUT2D eigenvalue weighted by Crippen LogP contribution is 2.38. The number of hydrogen-bond donors (Lipinski definition) is 0. The lowest BCUT2D eigenvalue weighted by Gasteiger charge is -2.09. The van der Waals surface area contributed by atoms with Gasteiger partial charge in [0.1, 0.15) is 12.4 Å². The molecule has 1 aliphatic heterocycles. The van der Waals surface area contributed by atoms with Crippen molar-refractivity contribution in [2.45, 2.75) is 18.8 Å². The van der Waals surface area contributed by atoms with Crippen molar-refractivity contribution in [3.8, 4) is 0 Å². The molecule has 1 aromatic carbocycles. The average Bonchev–Trinajstić information content (AvgIpc) is 2.80. The maximum atomic E-state index is 12.8. The molecule has 0 radical (unpaired) electrons. The second-order valence-electron chi connectivity index (χ2n) is 4.19. The van der Waals surface area contributed by atoms with E-state index in [0.717, 1.165) is 30.7 Å². The molecule has 78 valence electrons. The van der Waals surface area contributed by atoms with Crippen molar-refractivity contribution in [1.29, 1.82) is 0 Å². The molecule has 1 aliphatic carbocycles. The van der Waals surface area contributed by atoms with Crippen molar-refractivity contribution in [2.24, 2.45) is 11.1 Å². The van der Waals surface area contributed by atoms with Crippen LogP contribution in [-0.4, -0.2) is 12.3 Å². The molecule has 0 N–H and O–H groups in total. The topological polar surface area (TPSA) is 21.6 Å². The normalized spacial score (nSPS) is 28.5. The van der Waals surface area contributed by atoms with Gasteiger partial charge in [-0.05, 0) is 30.5 Å². The number of hydrogen-bond acceptors (Lipinski definition) is 2. The highest BCUT2D eigenvalue weighted by Gasteiger charge is 2.37. The zero-order valence-corrected chi connectivity index (χ0v) is 8.32.